The second kappa shape index (κ2) is 5.13. The molecule has 3 aromatic rings. The Morgan fingerprint density at radius 1 is 1.20 bits per heavy atom. The standard InChI is InChI=1S/C16H13BrN2O/c1-10-8-11(6-7-14(10)17)18-9-13-12-4-2-3-5-15(12)19-16(13)20/h2-9,19-20H,1H3. The summed E-state index contributed by atoms with van der Waals surface area (Å²) < 4.78 is 1.06. The minimum Gasteiger partial charge on any atom is -0.494 e. The molecule has 0 aliphatic heterocycles. The van der Waals surface area contributed by atoms with E-state index in [2.05, 4.69) is 25.9 Å². The fraction of sp³-hybridized carbons (Fsp3) is 0.0625. The van der Waals surface area contributed by atoms with Crippen molar-refractivity contribution in [1.82, 2.24) is 4.98 Å². The van der Waals surface area contributed by atoms with Crippen LogP contribution >= 0.6 is 15.9 Å². The van der Waals surface area contributed by atoms with E-state index in [1.54, 1.807) is 6.21 Å². The molecule has 0 bridgehead atoms. The van der Waals surface area contributed by atoms with E-state index in [9.17, 15) is 5.11 Å². The highest BCUT2D eigenvalue weighted by Crippen LogP contribution is 2.27. The van der Waals surface area contributed by atoms with E-state index in [0.717, 1.165) is 26.6 Å². The first-order chi connectivity index (χ1) is 9.65. The summed E-state index contributed by atoms with van der Waals surface area (Å²) in [5, 5.41) is 10.9. The number of aryl methyl sites for hydroxylation is 1. The second-order valence-electron chi connectivity index (χ2n) is 4.62. The molecule has 20 heavy (non-hydrogen) atoms. The van der Waals surface area contributed by atoms with E-state index >= 15 is 0 Å². The molecule has 4 heteroatoms. The third-order valence-electron chi connectivity index (χ3n) is 3.21. The molecule has 100 valence electrons. The first kappa shape index (κ1) is 12.9. The summed E-state index contributed by atoms with van der Waals surface area (Å²) in [4.78, 5) is 7.38. The number of aliphatic imine (C=N–C) groups is 1. The molecule has 2 N–H and O–H groups in total. The fourth-order valence-electron chi connectivity index (χ4n) is 2.13. The highest BCUT2D eigenvalue weighted by Gasteiger charge is 2.07. The minimum atomic E-state index is 0.142. The maximum Gasteiger partial charge on any atom is 0.198 e. The maximum atomic E-state index is 9.96. The second-order valence-corrected chi connectivity index (χ2v) is 5.48. The zero-order chi connectivity index (χ0) is 14.1. The van der Waals surface area contributed by atoms with Crippen LogP contribution in [0.4, 0.5) is 5.69 Å². The third-order valence-corrected chi connectivity index (χ3v) is 4.10. The lowest BCUT2D eigenvalue weighted by Gasteiger charge is -1.99. The van der Waals surface area contributed by atoms with Crippen molar-refractivity contribution in [2.24, 2.45) is 4.99 Å². The topological polar surface area (TPSA) is 48.4 Å². The Labute approximate surface area is 125 Å². The average molecular weight is 329 g/mol. The van der Waals surface area contributed by atoms with Crippen LogP contribution in [0.5, 0.6) is 5.88 Å². The van der Waals surface area contributed by atoms with E-state index in [1.807, 2.05) is 49.4 Å². The number of aromatic nitrogens is 1. The number of hydrogen-bond donors (Lipinski definition) is 2. The van der Waals surface area contributed by atoms with Crippen molar-refractivity contribution >= 4 is 38.7 Å². The van der Waals surface area contributed by atoms with Crippen molar-refractivity contribution in [3.8, 4) is 5.88 Å². The molecule has 3 nitrogen and oxygen atoms in total. The van der Waals surface area contributed by atoms with Crippen molar-refractivity contribution in [2.45, 2.75) is 6.92 Å². The van der Waals surface area contributed by atoms with Gasteiger partial charge in [0, 0.05) is 21.6 Å². The van der Waals surface area contributed by atoms with Gasteiger partial charge in [-0.3, -0.25) is 4.99 Å². The number of aromatic hydroxyl groups is 1. The van der Waals surface area contributed by atoms with Crippen LogP contribution in [0, 0.1) is 6.92 Å². The lowest BCUT2D eigenvalue weighted by molar-refractivity contribution is 0.457. The molecular weight excluding hydrogens is 316 g/mol. The summed E-state index contributed by atoms with van der Waals surface area (Å²) in [6.07, 6.45) is 1.69. The van der Waals surface area contributed by atoms with Gasteiger partial charge in [0.25, 0.3) is 0 Å². The number of fused-ring (bicyclic) bond motifs is 1. The Balaban J connectivity index is 2.02. The summed E-state index contributed by atoms with van der Waals surface area (Å²) in [5.41, 5.74) is 3.60. The quantitative estimate of drug-likeness (QED) is 0.658. The van der Waals surface area contributed by atoms with Crippen molar-refractivity contribution < 1.29 is 5.11 Å². The molecule has 0 aliphatic carbocycles. The number of hydrogen-bond acceptors (Lipinski definition) is 2. The van der Waals surface area contributed by atoms with Gasteiger partial charge >= 0.3 is 0 Å². The van der Waals surface area contributed by atoms with Gasteiger partial charge in [-0.05, 0) is 36.8 Å². The lowest BCUT2D eigenvalue weighted by atomic mass is 10.2. The van der Waals surface area contributed by atoms with Gasteiger partial charge in [0.05, 0.1) is 11.3 Å². The van der Waals surface area contributed by atoms with Gasteiger partial charge in [-0.15, -0.1) is 0 Å². The zero-order valence-electron chi connectivity index (χ0n) is 10.9. The fourth-order valence-corrected chi connectivity index (χ4v) is 2.38. The normalized spacial score (nSPS) is 11.5. The first-order valence-electron chi connectivity index (χ1n) is 6.25. The monoisotopic (exact) mass is 328 g/mol. The van der Waals surface area contributed by atoms with Crippen molar-refractivity contribution in [3.05, 3.63) is 58.1 Å². The van der Waals surface area contributed by atoms with E-state index < -0.39 is 0 Å². The van der Waals surface area contributed by atoms with Gasteiger partial charge in [-0.1, -0.05) is 34.1 Å². The van der Waals surface area contributed by atoms with Crippen molar-refractivity contribution in [2.75, 3.05) is 0 Å². The van der Waals surface area contributed by atoms with Crippen LogP contribution in [0.2, 0.25) is 0 Å². The molecule has 0 radical (unpaired) electrons. The summed E-state index contributed by atoms with van der Waals surface area (Å²) in [6.45, 7) is 2.02. The van der Waals surface area contributed by atoms with Crippen molar-refractivity contribution in [1.29, 1.82) is 0 Å². The number of halogens is 1. The van der Waals surface area contributed by atoms with E-state index in [1.165, 1.54) is 0 Å². The molecule has 0 amide bonds. The van der Waals surface area contributed by atoms with Crippen LogP contribution in [-0.2, 0) is 0 Å². The Hall–Kier alpha value is -2.07. The van der Waals surface area contributed by atoms with Gasteiger partial charge in [0.1, 0.15) is 0 Å². The molecule has 0 saturated heterocycles. The maximum absolute atomic E-state index is 9.96. The molecule has 2 aromatic carbocycles. The van der Waals surface area contributed by atoms with Crippen LogP contribution in [0.1, 0.15) is 11.1 Å². The Morgan fingerprint density at radius 2 is 2.00 bits per heavy atom. The number of aromatic amines is 1. The molecule has 0 spiro atoms. The summed E-state index contributed by atoms with van der Waals surface area (Å²) in [6, 6.07) is 13.6. The molecular formula is C16H13BrN2O. The zero-order valence-corrected chi connectivity index (χ0v) is 12.5. The highest BCUT2D eigenvalue weighted by molar-refractivity contribution is 9.10. The number of para-hydroxylation sites is 1. The van der Waals surface area contributed by atoms with Crippen LogP contribution in [-0.4, -0.2) is 16.3 Å². The summed E-state index contributed by atoms with van der Waals surface area (Å²) in [7, 11) is 0. The van der Waals surface area contributed by atoms with Gasteiger partial charge in [0.2, 0.25) is 0 Å². The third kappa shape index (κ3) is 2.34. The Bertz CT molecular complexity index is 805. The van der Waals surface area contributed by atoms with E-state index in [4.69, 9.17) is 0 Å². The molecule has 1 heterocycles. The lowest BCUT2D eigenvalue weighted by Crippen LogP contribution is -1.80. The Morgan fingerprint density at radius 3 is 2.80 bits per heavy atom. The molecule has 1 aromatic heterocycles. The smallest absolute Gasteiger partial charge is 0.198 e. The van der Waals surface area contributed by atoms with Gasteiger partial charge in [-0.2, -0.15) is 0 Å². The number of nitrogens with one attached hydrogen (secondary N) is 1. The first-order valence-corrected chi connectivity index (χ1v) is 7.04. The van der Waals surface area contributed by atoms with Crippen LogP contribution in [0.15, 0.2) is 51.9 Å². The summed E-state index contributed by atoms with van der Waals surface area (Å²) in [5.74, 6) is 0.142. The summed E-state index contributed by atoms with van der Waals surface area (Å²) >= 11 is 3.47. The largest absolute Gasteiger partial charge is 0.494 e. The highest BCUT2D eigenvalue weighted by atomic mass is 79.9. The molecule has 3 rings (SSSR count). The number of rotatable bonds is 2. The molecule has 0 unspecified atom stereocenters. The minimum absolute atomic E-state index is 0.142. The molecule has 0 saturated carbocycles. The van der Waals surface area contributed by atoms with Gasteiger partial charge in [-0.25, -0.2) is 0 Å². The molecule has 0 aliphatic rings. The van der Waals surface area contributed by atoms with E-state index in [-0.39, 0.29) is 5.88 Å². The van der Waals surface area contributed by atoms with Crippen LogP contribution in [0.3, 0.4) is 0 Å². The van der Waals surface area contributed by atoms with E-state index in [0.29, 0.717) is 5.56 Å². The predicted molar refractivity (Wildman–Crippen MR) is 86.1 cm³/mol. The molecule has 0 atom stereocenters. The number of nitrogens with zero attached hydrogens (tertiary/aromatic N) is 1. The predicted octanol–water partition coefficient (Wildman–Crippen LogP) is 4.70. The van der Waals surface area contributed by atoms with Gasteiger partial charge in [0.15, 0.2) is 5.88 Å². The average Bonchev–Trinajstić information content (AvgIpc) is 2.76. The van der Waals surface area contributed by atoms with Crippen LogP contribution in [0.25, 0.3) is 10.9 Å². The number of benzene rings is 2. The SMILES string of the molecule is Cc1cc(N=Cc2c(O)[nH]c3ccccc23)ccc1Br. The Kier molecular flexibility index (Phi) is 3.32. The number of H-pyrrole nitrogens is 1. The van der Waals surface area contributed by atoms with Gasteiger partial charge < -0.3 is 10.1 Å². The van der Waals surface area contributed by atoms with Crippen molar-refractivity contribution in [3.63, 3.8) is 0 Å². The molecule has 0 fully saturated rings. The van der Waals surface area contributed by atoms with Crippen LogP contribution < -0.4 is 0 Å².